The molecule has 5 aromatic rings. The zero-order valence-corrected chi connectivity index (χ0v) is 46.9. The molecule has 0 bridgehead atoms. The van der Waals surface area contributed by atoms with E-state index in [1.165, 1.54) is 60.1 Å². The van der Waals surface area contributed by atoms with Crippen molar-refractivity contribution in [1.29, 1.82) is 10.5 Å². The van der Waals surface area contributed by atoms with Crippen LogP contribution in [0.15, 0.2) is 49.6 Å². The minimum absolute atomic E-state index is 0.152. The van der Waals surface area contributed by atoms with Crippen LogP contribution >= 0.6 is 45.9 Å². The first-order chi connectivity index (χ1) is 36.3. The second-order valence-electron chi connectivity index (χ2n) is 18.2. The van der Waals surface area contributed by atoms with E-state index in [0.29, 0.717) is 76.8 Å². The number of nitriles is 2. The maximum Gasteiger partial charge on any atom is 0.189 e. The SMILES string of the molecule is N#Cc1cnc(Cl)s1.N#Cc1cnc(Nc2cc(N3CCN(C4CCS(=O)(=O)C4)CC3)ncn2)s1.Nc1cc(Cl)ncn1.Nc1cc(N2CCN(C3CCS(=O)(=O)C3)CC2)ncn1.O=S1(=O)CCC(N2CCNCC2)C1. The predicted molar refractivity (Wildman–Crippen MR) is 295 cm³/mol. The molecule has 6 aliphatic rings. The van der Waals surface area contributed by atoms with Crippen molar-refractivity contribution in [2.45, 2.75) is 37.4 Å². The van der Waals surface area contributed by atoms with Crippen LogP contribution in [0.5, 0.6) is 0 Å². The second kappa shape index (κ2) is 27.4. The lowest BCUT2D eigenvalue weighted by molar-refractivity contribution is 0.187. The Labute approximate surface area is 460 Å². The van der Waals surface area contributed by atoms with Crippen LogP contribution in [-0.4, -0.2) is 211 Å². The number of nitrogen functional groups attached to an aromatic ring is 2. The minimum Gasteiger partial charge on any atom is -0.384 e. The summed E-state index contributed by atoms with van der Waals surface area (Å²) in [7, 11) is -8.37. The maximum atomic E-state index is 11.7. The quantitative estimate of drug-likeness (QED) is 0.168. The van der Waals surface area contributed by atoms with Gasteiger partial charge in [-0.3, -0.25) is 14.7 Å². The zero-order chi connectivity index (χ0) is 54.3. The van der Waals surface area contributed by atoms with Gasteiger partial charge in [-0.2, -0.15) is 10.5 Å². The van der Waals surface area contributed by atoms with Gasteiger partial charge < -0.3 is 31.9 Å². The molecule has 76 heavy (non-hydrogen) atoms. The number of nitrogens with one attached hydrogen (secondary N) is 2. The van der Waals surface area contributed by atoms with Gasteiger partial charge in [0.2, 0.25) is 0 Å². The Kier molecular flexibility index (Phi) is 21.0. The lowest BCUT2D eigenvalue weighted by Crippen LogP contribution is -2.51. The molecule has 0 aromatic carbocycles. The Morgan fingerprint density at radius 3 is 1.41 bits per heavy atom. The van der Waals surface area contributed by atoms with Gasteiger partial charge in [-0.1, -0.05) is 45.9 Å². The number of piperazine rings is 3. The average molecular weight is 1180 g/mol. The number of rotatable bonds is 7. The van der Waals surface area contributed by atoms with Crippen molar-refractivity contribution in [2.75, 3.05) is 140 Å². The van der Waals surface area contributed by atoms with Crippen LogP contribution in [0, 0.1) is 22.7 Å². The van der Waals surface area contributed by atoms with Gasteiger partial charge in [0.1, 0.15) is 75.1 Å². The van der Waals surface area contributed by atoms with E-state index in [-0.39, 0.29) is 17.8 Å². The predicted octanol–water partition coefficient (Wildman–Crippen LogP) is 1.68. The molecule has 410 valence electrons. The monoisotopic (exact) mass is 1180 g/mol. The van der Waals surface area contributed by atoms with Gasteiger partial charge >= 0.3 is 0 Å². The molecule has 0 saturated carbocycles. The minimum atomic E-state index is -2.86. The summed E-state index contributed by atoms with van der Waals surface area (Å²) >= 11 is 13.3. The molecule has 0 aliphatic carbocycles. The van der Waals surface area contributed by atoms with Crippen LogP contribution in [-0.2, 0) is 29.5 Å². The molecule has 11 rings (SSSR count). The molecule has 3 atom stereocenters. The molecule has 6 N–H and O–H groups in total. The van der Waals surface area contributed by atoms with E-state index in [2.05, 4.69) is 81.1 Å². The summed E-state index contributed by atoms with van der Waals surface area (Å²) in [6, 6.07) is 9.75. The second-order valence-corrected chi connectivity index (χ2v) is 27.9. The van der Waals surface area contributed by atoms with E-state index in [1.54, 1.807) is 6.07 Å². The van der Waals surface area contributed by atoms with Gasteiger partial charge in [-0.25, -0.2) is 65.1 Å². The summed E-state index contributed by atoms with van der Waals surface area (Å²) in [4.78, 5) is 44.0. The van der Waals surface area contributed by atoms with Gasteiger partial charge in [-0.05, 0) is 19.3 Å². The molecule has 32 heteroatoms. The fraction of sp³-hybridized carbons (Fsp3) is 0.545. The van der Waals surface area contributed by atoms with Crippen molar-refractivity contribution in [3.05, 3.63) is 68.9 Å². The molecular formula is C44H59Cl2N19O6S5. The Bertz CT molecular complexity index is 3110. The highest BCUT2D eigenvalue weighted by Gasteiger charge is 2.36. The number of sulfone groups is 3. The summed E-state index contributed by atoms with van der Waals surface area (Å²) in [6.45, 7) is 10.6. The van der Waals surface area contributed by atoms with Crippen LogP contribution in [0.2, 0.25) is 9.62 Å². The van der Waals surface area contributed by atoms with E-state index in [4.69, 9.17) is 45.2 Å². The molecule has 6 fully saturated rings. The van der Waals surface area contributed by atoms with Crippen molar-refractivity contribution >= 4 is 110 Å². The number of nitrogens with zero attached hydrogens (tertiary/aromatic N) is 15. The number of nitrogens with two attached hydrogens (primary N) is 2. The fourth-order valence-corrected chi connectivity index (χ4v) is 15.9. The number of aromatic nitrogens is 8. The normalized spacial score (nSPS) is 22.9. The summed E-state index contributed by atoms with van der Waals surface area (Å²) in [6.07, 6.45) is 9.61. The van der Waals surface area contributed by atoms with Crippen LogP contribution < -0.4 is 31.9 Å². The molecule has 0 spiro atoms. The topological polar surface area (TPSA) is 345 Å². The van der Waals surface area contributed by atoms with Crippen molar-refractivity contribution in [1.82, 2.24) is 59.9 Å². The van der Waals surface area contributed by atoms with Crippen LogP contribution in [0.1, 0.15) is 29.0 Å². The third-order valence-electron chi connectivity index (χ3n) is 13.0. The van der Waals surface area contributed by atoms with Crippen molar-refractivity contribution in [3.63, 3.8) is 0 Å². The van der Waals surface area contributed by atoms with Gasteiger partial charge in [-0.15, -0.1) is 0 Å². The van der Waals surface area contributed by atoms with E-state index in [9.17, 15) is 25.3 Å². The van der Waals surface area contributed by atoms with Crippen molar-refractivity contribution in [2.24, 2.45) is 0 Å². The smallest absolute Gasteiger partial charge is 0.189 e. The molecule has 6 aliphatic heterocycles. The largest absolute Gasteiger partial charge is 0.384 e. The highest BCUT2D eigenvalue weighted by molar-refractivity contribution is 7.92. The molecule has 11 heterocycles. The molecule has 0 amide bonds. The van der Waals surface area contributed by atoms with Gasteiger partial charge in [0, 0.05) is 115 Å². The Balaban J connectivity index is 0.000000150. The highest BCUT2D eigenvalue weighted by Crippen LogP contribution is 2.26. The molecular weight excluding hydrogens is 1120 g/mol. The van der Waals surface area contributed by atoms with Gasteiger partial charge in [0.15, 0.2) is 39.1 Å². The summed E-state index contributed by atoms with van der Waals surface area (Å²) in [5.74, 6) is 5.17. The Morgan fingerprint density at radius 1 is 0.566 bits per heavy atom. The molecule has 6 saturated heterocycles. The number of thiazole rings is 2. The highest BCUT2D eigenvalue weighted by atomic mass is 35.5. The third kappa shape index (κ3) is 18.2. The molecule has 0 radical (unpaired) electrons. The Hall–Kier alpha value is -5.25. The number of halogens is 2. The molecule has 25 nitrogen and oxygen atoms in total. The van der Waals surface area contributed by atoms with E-state index in [1.807, 2.05) is 12.1 Å². The number of anilines is 6. The van der Waals surface area contributed by atoms with E-state index < -0.39 is 29.5 Å². The Morgan fingerprint density at radius 2 is 1.01 bits per heavy atom. The first-order valence-electron chi connectivity index (χ1n) is 24.2. The molecule has 5 aromatic heterocycles. The lowest BCUT2D eigenvalue weighted by Gasteiger charge is -2.38. The standard InChI is InChI=1S/C16H19N7O2S2.C12H19N5O2S.C8H16N2O2S.C4H4ClN3.C4HClN2S/c17-8-13-9-18-16(26-13)21-14-7-15(20-11-19-14)23-4-2-22(3-5-23)12-1-6-27(24,25)10-12;13-11-7-12(15-9-14-11)17-4-2-16(3-5-17)10-1-6-20(18,19)8-10;11-13(12)6-1-8(7-13)10-4-2-9-3-5-10;5-3-1-4(6)8-2-7-3;5-4-7-2-3(1-6)8-4/h7,9,11-12H,1-6,10H2,(H,18,19,20,21);7,9-10H,1-6,8H2,(H2,13,14,15);8-9H,1-7H2;1-2H,(H2,6,7,8);2H. The third-order valence-corrected chi connectivity index (χ3v) is 20.3. The van der Waals surface area contributed by atoms with Crippen molar-refractivity contribution < 1.29 is 25.3 Å². The van der Waals surface area contributed by atoms with Crippen LogP contribution in [0.4, 0.5) is 34.2 Å². The fourth-order valence-electron chi connectivity index (χ4n) is 9.14. The molecule has 3 unspecified atom stereocenters. The average Bonchev–Trinajstić information content (AvgIpc) is 4.27. The number of hydrogen-bond donors (Lipinski definition) is 4. The summed E-state index contributed by atoms with van der Waals surface area (Å²) in [5, 5.41) is 24.5. The van der Waals surface area contributed by atoms with Gasteiger partial charge in [0.25, 0.3) is 0 Å². The van der Waals surface area contributed by atoms with Gasteiger partial charge in [0.05, 0.1) is 46.9 Å². The van der Waals surface area contributed by atoms with Crippen LogP contribution in [0.25, 0.3) is 0 Å². The van der Waals surface area contributed by atoms with E-state index >= 15 is 0 Å². The maximum absolute atomic E-state index is 11.7. The zero-order valence-electron chi connectivity index (χ0n) is 41.3. The van der Waals surface area contributed by atoms with Crippen molar-refractivity contribution in [3.8, 4) is 12.1 Å². The first kappa shape index (κ1) is 58.4. The van der Waals surface area contributed by atoms with Crippen LogP contribution in [0.3, 0.4) is 0 Å². The lowest BCUT2D eigenvalue weighted by atomic mass is 10.2. The summed E-state index contributed by atoms with van der Waals surface area (Å²) < 4.78 is 69.4. The summed E-state index contributed by atoms with van der Waals surface area (Å²) in [5.41, 5.74) is 10.9. The first-order valence-corrected chi connectivity index (χ1v) is 32.0. The van der Waals surface area contributed by atoms with E-state index in [0.717, 1.165) is 109 Å². The number of hydrogen-bond acceptors (Lipinski definition) is 27.